The van der Waals surface area contributed by atoms with Crippen molar-refractivity contribution in [2.45, 2.75) is 6.92 Å². The maximum Gasteiger partial charge on any atom is 0.0716 e. The number of hydrogen-bond acceptors (Lipinski definition) is 2. The smallest absolute Gasteiger partial charge is 0.0716 e. The second-order valence-corrected chi connectivity index (χ2v) is 2.81. The lowest BCUT2D eigenvalue weighted by atomic mass is 10.1. The van der Waals surface area contributed by atoms with Gasteiger partial charge in [0.2, 0.25) is 0 Å². The largest absolute Gasteiger partial charge is 0.393 e. The second-order valence-electron chi connectivity index (χ2n) is 2.81. The van der Waals surface area contributed by atoms with Crippen LogP contribution in [0.4, 0.5) is 0 Å². The molecule has 1 heterocycles. The van der Waals surface area contributed by atoms with Crippen LogP contribution in [0.25, 0.3) is 5.57 Å². The van der Waals surface area contributed by atoms with Crippen LogP contribution in [0, 0.1) is 6.92 Å². The molecule has 0 saturated heterocycles. The number of nitrogens with zero attached hydrogens (tertiary/aromatic N) is 1. The van der Waals surface area contributed by atoms with E-state index in [2.05, 4.69) is 16.9 Å². The molecule has 0 aliphatic heterocycles. The number of aryl methyl sites for hydroxylation is 1. The molecule has 2 heteroatoms. The summed E-state index contributed by atoms with van der Waals surface area (Å²) in [6.07, 6.45) is 5.52. The van der Waals surface area contributed by atoms with Crippen molar-refractivity contribution in [2.24, 2.45) is 0 Å². The van der Waals surface area contributed by atoms with Crippen LogP contribution in [0.5, 0.6) is 0 Å². The maximum atomic E-state index is 4.29. The van der Waals surface area contributed by atoms with Gasteiger partial charge in [-0.25, -0.2) is 0 Å². The van der Waals surface area contributed by atoms with Gasteiger partial charge in [-0.3, -0.25) is 4.98 Å². The van der Waals surface area contributed by atoms with E-state index in [1.165, 1.54) is 0 Å². The van der Waals surface area contributed by atoms with E-state index in [1.54, 1.807) is 6.08 Å². The molecule has 0 fully saturated rings. The van der Waals surface area contributed by atoms with Crippen LogP contribution in [0.1, 0.15) is 11.3 Å². The molecule has 0 aliphatic rings. The van der Waals surface area contributed by atoms with Crippen LogP contribution in [0.3, 0.4) is 0 Å². The molecule has 0 aliphatic carbocycles. The first-order chi connectivity index (χ1) is 6.27. The van der Waals surface area contributed by atoms with Crippen molar-refractivity contribution < 1.29 is 0 Å². The lowest BCUT2D eigenvalue weighted by molar-refractivity contribution is 1.10. The SMILES string of the molecule is C=C/C(=C\NC)c1ccc(C)cn1. The fraction of sp³-hybridized carbons (Fsp3) is 0.182. The van der Waals surface area contributed by atoms with E-state index in [9.17, 15) is 0 Å². The Morgan fingerprint density at radius 3 is 2.77 bits per heavy atom. The first-order valence-corrected chi connectivity index (χ1v) is 4.21. The predicted molar refractivity (Wildman–Crippen MR) is 56.2 cm³/mol. The molecule has 1 rings (SSSR count). The third-order valence-corrected chi connectivity index (χ3v) is 1.73. The average Bonchev–Trinajstić information content (AvgIpc) is 2.16. The van der Waals surface area contributed by atoms with E-state index in [0.717, 1.165) is 16.8 Å². The summed E-state index contributed by atoms with van der Waals surface area (Å²) in [7, 11) is 1.86. The topological polar surface area (TPSA) is 24.9 Å². The van der Waals surface area contributed by atoms with Crippen LogP contribution < -0.4 is 5.32 Å². The molecule has 13 heavy (non-hydrogen) atoms. The summed E-state index contributed by atoms with van der Waals surface area (Å²) in [6, 6.07) is 4.02. The molecule has 0 radical (unpaired) electrons. The zero-order chi connectivity index (χ0) is 9.68. The van der Waals surface area contributed by atoms with Gasteiger partial charge in [-0.05, 0) is 18.6 Å². The Labute approximate surface area is 79.0 Å². The zero-order valence-corrected chi connectivity index (χ0v) is 8.04. The molecule has 0 unspecified atom stereocenters. The summed E-state index contributed by atoms with van der Waals surface area (Å²) in [6.45, 7) is 5.75. The number of rotatable bonds is 3. The van der Waals surface area contributed by atoms with Crippen LogP contribution in [0.2, 0.25) is 0 Å². The van der Waals surface area contributed by atoms with Gasteiger partial charge < -0.3 is 5.32 Å². The summed E-state index contributed by atoms with van der Waals surface area (Å²) in [5.41, 5.74) is 3.11. The Kier molecular flexibility index (Phi) is 3.26. The molecule has 2 nitrogen and oxygen atoms in total. The van der Waals surface area contributed by atoms with Crippen LogP contribution in [0.15, 0.2) is 37.2 Å². The van der Waals surface area contributed by atoms with Gasteiger partial charge in [0.15, 0.2) is 0 Å². The molecule has 0 spiro atoms. The van der Waals surface area contributed by atoms with Crippen molar-refractivity contribution >= 4 is 5.57 Å². The number of pyridine rings is 1. The Balaban J connectivity index is 2.99. The number of hydrogen-bond donors (Lipinski definition) is 1. The highest BCUT2D eigenvalue weighted by Crippen LogP contribution is 2.11. The van der Waals surface area contributed by atoms with E-state index in [1.807, 2.05) is 38.5 Å². The van der Waals surface area contributed by atoms with Gasteiger partial charge in [-0.2, -0.15) is 0 Å². The summed E-state index contributed by atoms with van der Waals surface area (Å²) >= 11 is 0. The number of allylic oxidation sites excluding steroid dienone is 2. The first kappa shape index (κ1) is 9.52. The van der Waals surface area contributed by atoms with Gasteiger partial charge in [-0.15, -0.1) is 0 Å². The highest BCUT2D eigenvalue weighted by Gasteiger charge is 1.96. The highest BCUT2D eigenvalue weighted by atomic mass is 14.8. The molecule has 1 aromatic heterocycles. The van der Waals surface area contributed by atoms with E-state index < -0.39 is 0 Å². The minimum Gasteiger partial charge on any atom is -0.393 e. The fourth-order valence-electron chi connectivity index (χ4n) is 1.03. The summed E-state index contributed by atoms with van der Waals surface area (Å²) < 4.78 is 0. The van der Waals surface area contributed by atoms with E-state index >= 15 is 0 Å². The molecule has 0 atom stereocenters. The lowest BCUT2D eigenvalue weighted by Crippen LogP contribution is -1.96. The van der Waals surface area contributed by atoms with Gasteiger partial charge in [0.25, 0.3) is 0 Å². The quantitative estimate of drug-likeness (QED) is 0.710. The monoisotopic (exact) mass is 174 g/mol. The highest BCUT2D eigenvalue weighted by molar-refractivity contribution is 5.70. The Bertz CT molecular complexity index is 309. The first-order valence-electron chi connectivity index (χ1n) is 4.21. The standard InChI is InChI=1S/C11H14N2/c1-4-10(8-12-3)11-6-5-9(2)7-13-11/h4-8,12H,1H2,2-3H3/b10-8+. The molecule has 0 aromatic carbocycles. The molecule has 1 aromatic rings. The third kappa shape index (κ3) is 2.44. The molecular formula is C11H14N2. The van der Waals surface area contributed by atoms with E-state index in [0.29, 0.717) is 0 Å². The van der Waals surface area contributed by atoms with Crippen molar-refractivity contribution in [1.82, 2.24) is 10.3 Å². The van der Waals surface area contributed by atoms with Crippen molar-refractivity contribution in [2.75, 3.05) is 7.05 Å². The summed E-state index contributed by atoms with van der Waals surface area (Å²) in [4.78, 5) is 4.29. The van der Waals surface area contributed by atoms with Gasteiger partial charge in [-0.1, -0.05) is 18.7 Å². The molecule has 0 amide bonds. The number of aromatic nitrogens is 1. The molecule has 68 valence electrons. The van der Waals surface area contributed by atoms with Crippen LogP contribution >= 0.6 is 0 Å². The summed E-state index contributed by atoms with van der Waals surface area (Å²) in [5, 5.41) is 2.96. The molecule has 0 saturated carbocycles. The fourth-order valence-corrected chi connectivity index (χ4v) is 1.03. The molecule has 0 bridgehead atoms. The van der Waals surface area contributed by atoms with Gasteiger partial charge in [0.1, 0.15) is 0 Å². The normalized spacial score (nSPS) is 11.1. The van der Waals surface area contributed by atoms with Crippen LogP contribution in [-0.2, 0) is 0 Å². The predicted octanol–water partition coefficient (Wildman–Crippen LogP) is 2.14. The van der Waals surface area contributed by atoms with Gasteiger partial charge in [0.05, 0.1) is 5.69 Å². The van der Waals surface area contributed by atoms with Crippen LogP contribution in [-0.4, -0.2) is 12.0 Å². The third-order valence-electron chi connectivity index (χ3n) is 1.73. The van der Waals surface area contributed by atoms with Crippen molar-refractivity contribution in [3.8, 4) is 0 Å². The Morgan fingerprint density at radius 1 is 1.54 bits per heavy atom. The van der Waals surface area contributed by atoms with E-state index in [4.69, 9.17) is 0 Å². The second kappa shape index (κ2) is 4.45. The average molecular weight is 174 g/mol. The molecule has 1 N–H and O–H groups in total. The maximum absolute atomic E-state index is 4.29. The van der Waals surface area contributed by atoms with Crippen molar-refractivity contribution in [3.05, 3.63) is 48.4 Å². The summed E-state index contributed by atoms with van der Waals surface area (Å²) in [5.74, 6) is 0. The zero-order valence-electron chi connectivity index (χ0n) is 8.04. The van der Waals surface area contributed by atoms with Crippen molar-refractivity contribution in [3.63, 3.8) is 0 Å². The Morgan fingerprint density at radius 2 is 2.31 bits per heavy atom. The van der Waals surface area contributed by atoms with Crippen molar-refractivity contribution in [1.29, 1.82) is 0 Å². The molecular weight excluding hydrogens is 160 g/mol. The Hall–Kier alpha value is -1.57. The van der Waals surface area contributed by atoms with Gasteiger partial charge in [0, 0.05) is 25.0 Å². The minimum atomic E-state index is 0.940. The lowest BCUT2D eigenvalue weighted by Gasteiger charge is -2.01. The van der Waals surface area contributed by atoms with E-state index in [-0.39, 0.29) is 0 Å². The van der Waals surface area contributed by atoms with Gasteiger partial charge >= 0.3 is 0 Å². The number of nitrogens with one attached hydrogen (secondary N) is 1. The minimum absolute atomic E-state index is 0.940.